The summed E-state index contributed by atoms with van der Waals surface area (Å²) in [5.74, 6) is 0. The van der Waals surface area contributed by atoms with Gasteiger partial charge in [0.05, 0.1) is 0 Å². The molecule has 0 unspecified atom stereocenters. The summed E-state index contributed by atoms with van der Waals surface area (Å²) in [4.78, 5) is 4.10. The van der Waals surface area contributed by atoms with Crippen LogP contribution in [0.4, 0.5) is 5.69 Å². The molecule has 0 aliphatic heterocycles. The molecule has 3 heteroatoms. The van der Waals surface area contributed by atoms with E-state index in [9.17, 15) is 0 Å². The van der Waals surface area contributed by atoms with Gasteiger partial charge in [0.25, 0.3) is 0 Å². The molecule has 0 radical (unpaired) electrons. The summed E-state index contributed by atoms with van der Waals surface area (Å²) in [6, 6.07) is 1.85. The van der Waals surface area contributed by atoms with Crippen molar-refractivity contribution in [2.75, 3.05) is 18.8 Å². The van der Waals surface area contributed by atoms with Crippen molar-refractivity contribution >= 4 is 5.69 Å². The first-order valence-electron chi connectivity index (χ1n) is 6.28. The summed E-state index contributed by atoms with van der Waals surface area (Å²) in [6.45, 7) is 6.47. The fraction of sp³-hybridized carbons (Fsp3) is 0.500. The Morgan fingerprint density at radius 3 is 3.00 bits per heavy atom. The number of nitrogens with one attached hydrogen (secondary N) is 1. The third-order valence-electron chi connectivity index (χ3n) is 2.65. The molecule has 0 aliphatic rings. The van der Waals surface area contributed by atoms with Crippen LogP contribution >= 0.6 is 0 Å². The highest BCUT2D eigenvalue weighted by atomic mass is 14.8. The average Bonchev–Trinajstić information content (AvgIpc) is 2.32. The Balaban J connectivity index is 2.36. The van der Waals surface area contributed by atoms with Crippen LogP contribution in [0.25, 0.3) is 0 Å². The Hall–Kier alpha value is -1.35. The minimum atomic E-state index is 0.830. The van der Waals surface area contributed by atoms with E-state index in [1.807, 2.05) is 12.3 Å². The number of nitrogen functional groups attached to an aromatic ring is 1. The SMILES string of the molecule is CCCNCCC=C(C)Cc1cnccc1N. The first-order valence-corrected chi connectivity index (χ1v) is 6.28. The second kappa shape index (κ2) is 7.85. The molecule has 0 saturated carbocycles. The molecule has 0 atom stereocenters. The van der Waals surface area contributed by atoms with Crippen LogP contribution < -0.4 is 11.1 Å². The number of nitrogens with zero attached hydrogens (tertiary/aromatic N) is 1. The van der Waals surface area contributed by atoms with Gasteiger partial charge in [-0.2, -0.15) is 0 Å². The van der Waals surface area contributed by atoms with E-state index in [4.69, 9.17) is 5.73 Å². The Bertz CT molecular complexity index is 358. The lowest BCUT2D eigenvalue weighted by Crippen LogP contribution is -2.15. The van der Waals surface area contributed by atoms with Crippen LogP contribution in [0.5, 0.6) is 0 Å². The van der Waals surface area contributed by atoms with Crippen molar-refractivity contribution in [1.29, 1.82) is 0 Å². The van der Waals surface area contributed by atoms with Gasteiger partial charge in [-0.25, -0.2) is 0 Å². The second-order valence-electron chi connectivity index (χ2n) is 4.34. The molecule has 0 spiro atoms. The maximum absolute atomic E-state index is 5.88. The minimum Gasteiger partial charge on any atom is -0.398 e. The number of aromatic nitrogens is 1. The summed E-state index contributed by atoms with van der Waals surface area (Å²) < 4.78 is 0. The van der Waals surface area contributed by atoms with Crippen LogP contribution in [-0.2, 0) is 6.42 Å². The van der Waals surface area contributed by atoms with Crippen molar-refractivity contribution in [3.63, 3.8) is 0 Å². The minimum absolute atomic E-state index is 0.830. The molecule has 1 aromatic heterocycles. The molecule has 0 aliphatic carbocycles. The molecule has 1 heterocycles. The molecule has 0 fully saturated rings. The van der Waals surface area contributed by atoms with Crippen LogP contribution in [-0.4, -0.2) is 18.1 Å². The number of hydrogen-bond acceptors (Lipinski definition) is 3. The monoisotopic (exact) mass is 233 g/mol. The van der Waals surface area contributed by atoms with Gasteiger partial charge in [-0.15, -0.1) is 0 Å². The molecular weight excluding hydrogens is 210 g/mol. The van der Waals surface area contributed by atoms with Gasteiger partial charge < -0.3 is 11.1 Å². The molecular formula is C14H23N3. The summed E-state index contributed by atoms with van der Waals surface area (Å²) >= 11 is 0. The smallest absolute Gasteiger partial charge is 0.0380 e. The first kappa shape index (κ1) is 13.7. The molecule has 1 aromatic rings. The van der Waals surface area contributed by atoms with Crippen LogP contribution in [0, 0.1) is 0 Å². The molecule has 94 valence electrons. The lowest BCUT2D eigenvalue weighted by atomic mass is 10.1. The van der Waals surface area contributed by atoms with Gasteiger partial charge in [-0.05, 0) is 50.9 Å². The number of allylic oxidation sites excluding steroid dienone is 1. The van der Waals surface area contributed by atoms with Gasteiger partial charge in [-0.3, -0.25) is 4.98 Å². The van der Waals surface area contributed by atoms with Crippen molar-refractivity contribution in [1.82, 2.24) is 10.3 Å². The largest absolute Gasteiger partial charge is 0.398 e. The Morgan fingerprint density at radius 2 is 2.29 bits per heavy atom. The van der Waals surface area contributed by atoms with Gasteiger partial charge in [-0.1, -0.05) is 18.6 Å². The van der Waals surface area contributed by atoms with Crippen molar-refractivity contribution in [3.8, 4) is 0 Å². The number of hydrogen-bond donors (Lipinski definition) is 2. The highest BCUT2D eigenvalue weighted by Crippen LogP contribution is 2.13. The quantitative estimate of drug-likeness (QED) is 0.562. The summed E-state index contributed by atoms with van der Waals surface area (Å²) in [5.41, 5.74) is 9.18. The number of anilines is 1. The summed E-state index contributed by atoms with van der Waals surface area (Å²) in [5, 5.41) is 3.38. The van der Waals surface area contributed by atoms with Gasteiger partial charge in [0.15, 0.2) is 0 Å². The lowest BCUT2D eigenvalue weighted by Gasteiger charge is -2.05. The summed E-state index contributed by atoms with van der Waals surface area (Å²) in [6.07, 6.45) is 9.01. The molecule has 0 saturated heterocycles. The normalized spacial score (nSPS) is 11.8. The highest BCUT2D eigenvalue weighted by Gasteiger charge is 1.99. The van der Waals surface area contributed by atoms with E-state index >= 15 is 0 Å². The van der Waals surface area contributed by atoms with Crippen LogP contribution in [0.1, 0.15) is 32.3 Å². The molecule has 1 rings (SSSR count). The zero-order valence-corrected chi connectivity index (χ0v) is 10.9. The fourth-order valence-corrected chi connectivity index (χ4v) is 1.68. The zero-order chi connectivity index (χ0) is 12.5. The topological polar surface area (TPSA) is 50.9 Å². The summed E-state index contributed by atoms with van der Waals surface area (Å²) in [7, 11) is 0. The molecule has 0 amide bonds. The van der Waals surface area contributed by atoms with Crippen LogP contribution in [0.3, 0.4) is 0 Å². The second-order valence-corrected chi connectivity index (χ2v) is 4.34. The van der Waals surface area contributed by atoms with Gasteiger partial charge in [0, 0.05) is 18.1 Å². The van der Waals surface area contributed by atoms with E-state index in [-0.39, 0.29) is 0 Å². The number of rotatable bonds is 7. The van der Waals surface area contributed by atoms with Crippen LogP contribution in [0.15, 0.2) is 30.1 Å². The van der Waals surface area contributed by atoms with E-state index in [0.29, 0.717) is 0 Å². The van der Waals surface area contributed by atoms with Gasteiger partial charge >= 0.3 is 0 Å². The highest BCUT2D eigenvalue weighted by molar-refractivity contribution is 5.45. The van der Waals surface area contributed by atoms with Crippen molar-refractivity contribution in [2.45, 2.75) is 33.1 Å². The molecule has 3 nitrogen and oxygen atoms in total. The molecule has 0 aromatic carbocycles. The van der Waals surface area contributed by atoms with Crippen molar-refractivity contribution in [3.05, 3.63) is 35.7 Å². The van der Waals surface area contributed by atoms with Gasteiger partial charge in [0.1, 0.15) is 0 Å². The fourth-order valence-electron chi connectivity index (χ4n) is 1.68. The Morgan fingerprint density at radius 1 is 1.47 bits per heavy atom. The Labute approximate surface area is 104 Å². The third-order valence-corrected chi connectivity index (χ3v) is 2.65. The van der Waals surface area contributed by atoms with E-state index in [0.717, 1.165) is 37.2 Å². The number of nitrogens with two attached hydrogens (primary N) is 1. The average molecular weight is 233 g/mol. The van der Waals surface area contributed by atoms with Crippen molar-refractivity contribution < 1.29 is 0 Å². The first-order chi connectivity index (χ1) is 8.24. The maximum atomic E-state index is 5.88. The molecule has 3 N–H and O–H groups in total. The van der Waals surface area contributed by atoms with E-state index in [1.165, 1.54) is 12.0 Å². The van der Waals surface area contributed by atoms with E-state index < -0.39 is 0 Å². The maximum Gasteiger partial charge on any atom is 0.0380 e. The zero-order valence-electron chi connectivity index (χ0n) is 10.9. The van der Waals surface area contributed by atoms with E-state index in [2.05, 4.69) is 30.2 Å². The predicted molar refractivity (Wildman–Crippen MR) is 73.9 cm³/mol. The Kier molecular flexibility index (Phi) is 6.33. The number of pyridine rings is 1. The van der Waals surface area contributed by atoms with E-state index in [1.54, 1.807) is 6.20 Å². The molecule has 0 bridgehead atoms. The third kappa shape index (κ3) is 5.50. The standard InChI is InChI=1S/C14H23N3/c1-3-7-16-8-4-5-12(2)10-13-11-17-9-6-14(13)15/h5-6,9,11,16H,3-4,7-8,10H2,1-2H3,(H2,15,17). The lowest BCUT2D eigenvalue weighted by molar-refractivity contribution is 0.677. The van der Waals surface area contributed by atoms with Crippen LogP contribution in [0.2, 0.25) is 0 Å². The molecule has 17 heavy (non-hydrogen) atoms. The van der Waals surface area contributed by atoms with Crippen molar-refractivity contribution in [2.24, 2.45) is 0 Å². The van der Waals surface area contributed by atoms with Gasteiger partial charge in [0.2, 0.25) is 0 Å². The predicted octanol–water partition coefficient (Wildman–Crippen LogP) is 2.54.